The molecule has 0 radical (unpaired) electrons. The molecule has 2 atom stereocenters. The second-order valence-corrected chi connectivity index (χ2v) is 6.37. The lowest BCUT2D eigenvalue weighted by atomic mass is 10.2. The van der Waals surface area contributed by atoms with Crippen molar-refractivity contribution in [1.29, 1.82) is 0 Å². The number of ether oxygens (including phenoxy) is 3. The summed E-state index contributed by atoms with van der Waals surface area (Å²) >= 11 is 0. The lowest BCUT2D eigenvalue weighted by molar-refractivity contribution is -0.208. The van der Waals surface area contributed by atoms with Gasteiger partial charge in [-0.25, -0.2) is 0 Å². The Bertz CT molecular complexity index is 356. The molecule has 0 fully saturated rings. The van der Waals surface area contributed by atoms with Gasteiger partial charge < -0.3 is 23.8 Å². The lowest BCUT2D eigenvalue weighted by Gasteiger charge is -2.21. The second-order valence-electron chi connectivity index (χ2n) is 6.37. The number of unbranched alkanes of at least 4 members (excludes halogenated alkanes) is 6. The molecule has 0 aliphatic carbocycles. The minimum atomic E-state index is -0.514. The van der Waals surface area contributed by atoms with Gasteiger partial charge in [0.1, 0.15) is 12.6 Å². The number of rotatable bonds is 20. The van der Waals surface area contributed by atoms with Crippen molar-refractivity contribution in [3.8, 4) is 0 Å². The molecule has 0 rings (SSSR count). The van der Waals surface area contributed by atoms with Crippen LogP contribution in [0.3, 0.4) is 0 Å². The van der Waals surface area contributed by atoms with Gasteiger partial charge in [-0.3, -0.25) is 0 Å². The third kappa shape index (κ3) is 17.9. The predicted molar refractivity (Wildman–Crippen MR) is 108 cm³/mol. The maximum atomic E-state index is 10.5. The zero-order chi connectivity index (χ0) is 20.0. The van der Waals surface area contributed by atoms with Gasteiger partial charge in [-0.15, -0.1) is 0 Å². The van der Waals surface area contributed by atoms with Gasteiger partial charge in [-0.1, -0.05) is 51.7 Å². The highest BCUT2D eigenvalue weighted by Crippen LogP contribution is 2.10. The molecule has 2 unspecified atom stereocenters. The van der Waals surface area contributed by atoms with E-state index in [-0.39, 0.29) is 0 Å². The van der Waals surface area contributed by atoms with Gasteiger partial charge >= 0.3 is 0 Å². The maximum absolute atomic E-state index is 10.5. The number of carbonyl (C=O) groups excluding carboxylic acids is 2. The molecule has 0 saturated carbocycles. The smallest absolute Gasteiger partial charge is 0.180 e. The third-order valence-electron chi connectivity index (χ3n) is 3.82. The summed E-state index contributed by atoms with van der Waals surface area (Å²) in [6, 6.07) is 0. The van der Waals surface area contributed by atoms with Gasteiger partial charge in [0, 0.05) is 12.8 Å². The number of aldehydes is 2. The summed E-state index contributed by atoms with van der Waals surface area (Å²) in [6.45, 7) is 5.54. The predicted octanol–water partition coefficient (Wildman–Crippen LogP) is 5.14. The fourth-order valence-electron chi connectivity index (χ4n) is 2.26. The van der Waals surface area contributed by atoms with Crippen LogP contribution >= 0.6 is 0 Å². The van der Waals surface area contributed by atoms with Gasteiger partial charge in [0.15, 0.2) is 12.6 Å². The van der Waals surface area contributed by atoms with Crippen LogP contribution in [0.4, 0.5) is 0 Å². The first-order valence-electron chi connectivity index (χ1n) is 10.4. The van der Waals surface area contributed by atoms with E-state index in [4.69, 9.17) is 14.2 Å². The fourth-order valence-corrected chi connectivity index (χ4v) is 2.26. The van der Waals surface area contributed by atoms with Gasteiger partial charge in [-0.05, 0) is 37.8 Å². The minimum Gasteiger partial charge on any atom is -0.349 e. The fraction of sp³-hybridized carbons (Fsp3) is 0.727. The second kappa shape index (κ2) is 21.0. The number of carbonyl (C=O) groups is 2. The van der Waals surface area contributed by atoms with Crippen LogP contribution in [-0.2, 0) is 23.8 Å². The first kappa shape index (κ1) is 25.7. The third-order valence-corrected chi connectivity index (χ3v) is 3.82. The summed E-state index contributed by atoms with van der Waals surface area (Å²) in [5.74, 6) is 0. The van der Waals surface area contributed by atoms with Crippen molar-refractivity contribution in [1.82, 2.24) is 0 Å². The van der Waals surface area contributed by atoms with Gasteiger partial charge in [0.25, 0.3) is 0 Å². The van der Waals surface area contributed by atoms with Crippen molar-refractivity contribution in [2.45, 2.75) is 90.6 Å². The quantitative estimate of drug-likeness (QED) is 0.126. The molecular weight excluding hydrogens is 344 g/mol. The van der Waals surface area contributed by atoms with Crippen LogP contribution < -0.4 is 0 Å². The molecule has 0 aromatic heterocycles. The van der Waals surface area contributed by atoms with E-state index in [9.17, 15) is 9.59 Å². The molecule has 0 aromatic rings. The molecule has 0 bridgehead atoms. The van der Waals surface area contributed by atoms with E-state index in [1.807, 2.05) is 24.3 Å². The van der Waals surface area contributed by atoms with Crippen LogP contribution in [0.15, 0.2) is 24.3 Å². The summed E-state index contributed by atoms with van der Waals surface area (Å²) < 4.78 is 17.7. The van der Waals surface area contributed by atoms with E-state index in [2.05, 4.69) is 13.8 Å². The molecule has 0 heterocycles. The maximum Gasteiger partial charge on any atom is 0.180 e. The summed E-state index contributed by atoms with van der Waals surface area (Å²) in [6.07, 6.45) is 17.0. The molecule has 0 saturated heterocycles. The molecule has 0 amide bonds. The Morgan fingerprint density at radius 1 is 0.667 bits per heavy atom. The highest BCUT2D eigenvalue weighted by molar-refractivity contribution is 5.49. The summed E-state index contributed by atoms with van der Waals surface area (Å²) in [7, 11) is 0. The van der Waals surface area contributed by atoms with Crippen molar-refractivity contribution in [2.24, 2.45) is 0 Å². The van der Waals surface area contributed by atoms with Crippen LogP contribution in [0.1, 0.15) is 78.1 Å². The van der Waals surface area contributed by atoms with Gasteiger partial charge in [0.05, 0.1) is 13.2 Å². The van der Waals surface area contributed by atoms with E-state index < -0.39 is 12.6 Å². The van der Waals surface area contributed by atoms with Gasteiger partial charge in [-0.2, -0.15) is 0 Å². The molecule has 0 aliphatic rings. The minimum absolute atomic E-state index is 0.488. The average Bonchev–Trinajstić information content (AvgIpc) is 2.68. The topological polar surface area (TPSA) is 61.8 Å². The molecular formula is C22H38O5. The molecule has 0 spiro atoms. The first-order valence-corrected chi connectivity index (χ1v) is 10.4. The highest BCUT2D eigenvalue weighted by atomic mass is 16.8. The molecule has 5 nitrogen and oxygen atoms in total. The molecule has 5 heteroatoms. The largest absolute Gasteiger partial charge is 0.349 e. The van der Waals surface area contributed by atoms with Crippen LogP contribution in [0.25, 0.3) is 0 Å². The average molecular weight is 383 g/mol. The standard InChI is InChI=1S/C22H38O5/c1-3-5-13-19-25-21(15-9-7-11-17-23)27-22(16-10-8-12-18-24)26-20-14-6-4-2/h9-10,15-18,21-22H,3-8,11-14,19-20H2,1-2H3. The van der Waals surface area contributed by atoms with Crippen molar-refractivity contribution in [3.63, 3.8) is 0 Å². The van der Waals surface area contributed by atoms with Crippen molar-refractivity contribution in [3.05, 3.63) is 24.3 Å². The summed E-state index contributed by atoms with van der Waals surface area (Å²) in [5, 5.41) is 0. The lowest BCUT2D eigenvalue weighted by Crippen LogP contribution is -2.25. The Morgan fingerprint density at radius 2 is 1.11 bits per heavy atom. The molecule has 0 aromatic carbocycles. The van der Waals surface area contributed by atoms with E-state index in [0.717, 1.165) is 51.1 Å². The molecule has 27 heavy (non-hydrogen) atoms. The van der Waals surface area contributed by atoms with Crippen molar-refractivity contribution < 1.29 is 23.8 Å². The Kier molecular flexibility index (Phi) is 20.0. The highest BCUT2D eigenvalue weighted by Gasteiger charge is 2.13. The number of hydrogen-bond acceptors (Lipinski definition) is 5. The van der Waals surface area contributed by atoms with Crippen LogP contribution in [0, 0.1) is 0 Å². The van der Waals surface area contributed by atoms with Crippen LogP contribution in [0.5, 0.6) is 0 Å². The Hall–Kier alpha value is -1.30. The van der Waals surface area contributed by atoms with E-state index in [0.29, 0.717) is 38.9 Å². The van der Waals surface area contributed by atoms with Crippen molar-refractivity contribution in [2.75, 3.05) is 13.2 Å². The van der Waals surface area contributed by atoms with Crippen LogP contribution in [-0.4, -0.2) is 38.4 Å². The van der Waals surface area contributed by atoms with Gasteiger partial charge in [0.2, 0.25) is 0 Å². The summed E-state index contributed by atoms with van der Waals surface area (Å²) in [5.41, 5.74) is 0. The number of allylic oxidation sites excluding steroid dienone is 2. The Morgan fingerprint density at radius 3 is 1.48 bits per heavy atom. The Balaban J connectivity index is 4.70. The zero-order valence-corrected chi connectivity index (χ0v) is 17.1. The van der Waals surface area contributed by atoms with Crippen molar-refractivity contribution >= 4 is 12.6 Å². The van der Waals surface area contributed by atoms with Crippen LogP contribution in [0.2, 0.25) is 0 Å². The normalized spacial score (nSPS) is 14.0. The van der Waals surface area contributed by atoms with E-state index >= 15 is 0 Å². The monoisotopic (exact) mass is 382 g/mol. The SMILES string of the molecule is CCCCCOC(C=CCCC=O)OC(C=CCCC=O)OCCCCC. The zero-order valence-electron chi connectivity index (χ0n) is 17.1. The number of hydrogen-bond donors (Lipinski definition) is 0. The van der Waals surface area contributed by atoms with E-state index in [1.54, 1.807) is 0 Å². The molecule has 0 N–H and O–H groups in total. The first-order chi connectivity index (χ1) is 13.3. The Labute approximate surface area is 165 Å². The molecule has 156 valence electrons. The van der Waals surface area contributed by atoms with E-state index in [1.165, 1.54) is 0 Å². The summed E-state index contributed by atoms with van der Waals surface area (Å²) in [4.78, 5) is 20.9. The molecule has 0 aliphatic heterocycles.